The van der Waals surface area contributed by atoms with Gasteiger partial charge in [-0.25, -0.2) is 4.98 Å². The van der Waals surface area contributed by atoms with Gasteiger partial charge in [-0.2, -0.15) is 0 Å². The molecule has 1 rings (SSSR count). The maximum absolute atomic E-state index is 4.33. The summed E-state index contributed by atoms with van der Waals surface area (Å²) in [6.45, 7) is 11.2. The first kappa shape index (κ1) is 14.7. The van der Waals surface area contributed by atoms with E-state index in [-0.39, 0.29) is 0 Å². The van der Waals surface area contributed by atoms with E-state index in [0.717, 1.165) is 13.1 Å². The van der Waals surface area contributed by atoms with Gasteiger partial charge in [0.15, 0.2) is 0 Å². The molecule has 0 radical (unpaired) electrons. The van der Waals surface area contributed by atoms with Gasteiger partial charge in [-0.15, -0.1) is 11.3 Å². The lowest BCUT2D eigenvalue weighted by atomic mass is 9.78. The molecule has 2 nitrogen and oxygen atoms in total. The predicted molar refractivity (Wildman–Crippen MR) is 76.7 cm³/mol. The van der Waals surface area contributed by atoms with E-state index in [0.29, 0.717) is 5.41 Å². The third-order valence-electron chi connectivity index (χ3n) is 3.98. The Morgan fingerprint density at radius 3 is 2.47 bits per heavy atom. The molecule has 0 bridgehead atoms. The summed E-state index contributed by atoms with van der Waals surface area (Å²) in [5.41, 5.74) is 3.65. The first-order valence-corrected chi connectivity index (χ1v) is 7.65. The second-order valence-electron chi connectivity index (χ2n) is 4.85. The first-order chi connectivity index (χ1) is 8.17. The van der Waals surface area contributed by atoms with Crippen LogP contribution in [0.2, 0.25) is 0 Å². The van der Waals surface area contributed by atoms with Gasteiger partial charge in [0, 0.05) is 11.4 Å². The Labute approximate surface area is 110 Å². The van der Waals surface area contributed by atoms with Crippen LogP contribution >= 0.6 is 11.3 Å². The highest BCUT2D eigenvalue weighted by molar-refractivity contribution is 7.09. The SMILES string of the molecule is CCNCC(CC)(CC)CCc1scnc1C. The van der Waals surface area contributed by atoms with Gasteiger partial charge in [0.25, 0.3) is 0 Å². The smallest absolute Gasteiger partial charge is 0.0797 e. The Hall–Kier alpha value is -0.410. The molecular weight excluding hydrogens is 228 g/mol. The Bertz CT molecular complexity index is 316. The molecule has 3 heteroatoms. The van der Waals surface area contributed by atoms with Gasteiger partial charge in [0.1, 0.15) is 0 Å². The number of nitrogens with zero attached hydrogens (tertiary/aromatic N) is 1. The molecule has 0 aliphatic carbocycles. The Morgan fingerprint density at radius 2 is 2.00 bits per heavy atom. The molecule has 0 saturated heterocycles. The fraction of sp³-hybridized carbons (Fsp3) is 0.786. The molecule has 1 N–H and O–H groups in total. The van der Waals surface area contributed by atoms with E-state index in [4.69, 9.17) is 0 Å². The molecule has 0 amide bonds. The van der Waals surface area contributed by atoms with E-state index in [1.165, 1.54) is 36.3 Å². The Morgan fingerprint density at radius 1 is 1.29 bits per heavy atom. The Kier molecular flexibility index (Phi) is 6.14. The number of hydrogen-bond acceptors (Lipinski definition) is 3. The highest BCUT2D eigenvalue weighted by Crippen LogP contribution is 2.32. The fourth-order valence-corrected chi connectivity index (χ4v) is 3.06. The van der Waals surface area contributed by atoms with Crippen molar-refractivity contribution in [2.24, 2.45) is 5.41 Å². The summed E-state index contributed by atoms with van der Waals surface area (Å²) < 4.78 is 0. The third kappa shape index (κ3) is 4.07. The van der Waals surface area contributed by atoms with Crippen molar-refractivity contribution in [3.63, 3.8) is 0 Å². The number of hydrogen-bond donors (Lipinski definition) is 1. The third-order valence-corrected chi connectivity index (χ3v) is 4.97. The van der Waals surface area contributed by atoms with Gasteiger partial charge < -0.3 is 5.32 Å². The zero-order chi connectivity index (χ0) is 12.7. The van der Waals surface area contributed by atoms with Crippen LogP contribution in [-0.2, 0) is 6.42 Å². The Balaban J connectivity index is 2.57. The molecule has 0 saturated carbocycles. The van der Waals surface area contributed by atoms with Crippen molar-refractivity contribution in [3.8, 4) is 0 Å². The predicted octanol–water partition coefficient (Wildman–Crippen LogP) is 3.80. The van der Waals surface area contributed by atoms with Gasteiger partial charge in [0.05, 0.1) is 11.2 Å². The lowest BCUT2D eigenvalue weighted by Crippen LogP contribution is -2.33. The molecule has 1 aromatic heterocycles. The van der Waals surface area contributed by atoms with E-state index in [1.54, 1.807) is 11.3 Å². The largest absolute Gasteiger partial charge is 0.316 e. The quantitative estimate of drug-likeness (QED) is 0.763. The summed E-state index contributed by atoms with van der Waals surface area (Å²) in [4.78, 5) is 5.80. The maximum Gasteiger partial charge on any atom is 0.0797 e. The molecule has 0 fully saturated rings. The first-order valence-electron chi connectivity index (χ1n) is 6.77. The lowest BCUT2D eigenvalue weighted by molar-refractivity contribution is 0.230. The van der Waals surface area contributed by atoms with Crippen LogP contribution in [-0.4, -0.2) is 18.1 Å². The standard InChI is InChI=1S/C14H26N2S/c1-5-14(6-2,10-15-7-3)9-8-13-12(4)16-11-17-13/h11,15H,5-10H2,1-4H3. The minimum atomic E-state index is 0.465. The van der Waals surface area contributed by atoms with Crippen LogP contribution < -0.4 is 5.32 Å². The van der Waals surface area contributed by atoms with Crippen LogP contribution in [0.15, 0.2) is 5.51 Å². The van der Waals surface area contributed by atoms with Crippen LogP contribution in [0.4, 0.5) is 0 Å². The van der Waals surface area contributed by atoms with Crippen molar-refractivity contribution in [1.29, 1.82) is 0 Å². The highest BCUT2D eigenvalue weighted by Gasteiger charge is 2.25. The summed E-state index contributed by atoms with van der Waals surface area (Å²) in [6, 6.07) is 0. The number of nitrogens with one attached hydrogen (secondary N) is 1. The summed E-state index contributed by atoms with van der Waals surface area (Å²) in [6.07, 6.45) is 4.97. The van der Waals surface area contributed by atoms with Crippen LogP contribution in [0.1, 0.15) is 50.6 Å². The topological polar surface area (TPSA) is 24.9 Å². The van der Waals surface area contributed by atoms with Crippen molar-refractivity contribution >= 4 is 11.3 Å². The number of aromatic nitrogens is 1. The van der Waals surface area contributed by atoms with Crippen LogP contribution in [0, 0.1) is 12.3 Å². The van der Waals surface area contributed by atoms with Gasteiger partial charge in [-0.05, 0) is 44.6 Å². The van der Waals surface area contributed by atoms with E-state index < -0.39 is 0 Å². The average Bonchev–Trinajstić information content (AvgIpc) is 2.76. The van der Waals surface area contributed by atoms with E-state index in [9.17, 15) is 0 Å². The summed E-state index contributed by atoms with van der Waals surface area (Å²) >= 11 is 1.80. The normalized spacial score (nSPS) is 12.0. The fourth-order valence-electron chi connectivity index (χ4n) is 2.28. The molecule has 98 valence electrons. The maximum atomic E-state index is 4.33. The van der Waals surface area contributed by atoms with Crippen LogP contribution in [0.25, 0.3) is 0 Å². The highest BCUT2D eigenvalue weighted by atomic mass is 32.1. The zero-order valence-corrected chi connectivity index (χ0v) is 12.5. The van der Waals surface area contributed by atoms with Crippen molar-refractivity contribution in [3.05, 3.63) is 16.1 Å². The van der Waals surface area contributed by atoms with Gasteiger partial charge in [-0.1, -0.05) is 20.8 Å². The van der Waals surface area contributed by atoms with E-state index >= 15 is 0 Å². The summed E-state index contributed by atoms with van der Waals surface area (Å²) in [7, 11) is 0. The van der Waals surface area contributed by atoms with Crippen molar-refractivity contribution in [1.82, 2.24) is 10.3 Å². The molecular formula is C14H26N2S. The van der Waals surface area contributed by atoms with Crippen molar-refractivity contribution in [2.75, 3.05) is 13.1 Å². The van der Waals surface area contributed by atoms with Gasteiger partial charge in [-0.3, -0.25) is 0 Å². The summed E-state index contributed by atoms with van der Waals surface area (Å²) in [5.74, 6) is 0. The number of rotatable bonds is 8. The molecule has 0 unspecified atom stereocenters. The monoisotopic (exact) mass is 254 g/mol. The van der Waals surface area contributed by atoms with Crippen molar-refractivity contribution in [2.45, 2.75) is 53.4 Å². The summed E-state index contributed by atoms with van der Waals surface area (Å²) in [5, 5.41) is 3.52. The van der Waals surface area contributed by atoms with E-state index in [1.807, 2.05) is 5.51 Å². The average molecular weight is 254 g/mol. The minimum absolute atomic E-state index is 0.465. The molecule has 17 heavy (non-hydrogen) atoms. The molecule has 1 aromatic rings. The second-order valence-corrected chi connectivity index (χ2v) is 5.79. The van der Waals surface area contributed by atoms with Gasteiger partial charge >= 0.3 is 0 Å². The lowest BCUT2D eigenvalue weighted by Gasteiger charge is -2.32. The second kappa shape index (κ2) is 7.12. The minimum Gasteiger partial charge on any atom is -0.316 e. The molecule has 0 spiro atoms. The van der Waals surface area contributed by atoms with Gasteiger partial charge in [0.2, 0.25) is 0 Å². The molecule has 1 heterocycles. The van der Waals surface area contributed by atoms with Crippen molar-refractivity contribution < 1.29 is 0 Å². The number of thiazole rings is 1. The zero-order valence-electron chi connectivity index (χ0n) is 11.7. The number of aryl methyl sites for hydroxylation is 2. The molecule has 0 aliphatic rings. The molecule has 0 aliphatic heterocycles. The molecule has 0 atom stereocenters. The van der Waals surface area contributed by atoms with Crippen LogP contribution in [0.3, 0.4) is 0 Å². The van der Waals surface area contributed by atoms with E-state index in [2.05, 4.69) is 38.0 Å². The van der Waals surface area contributed by atoms with Crippen LogP contribution in [0.5, 0.6) is 0 Å². The molecule has 0 aromatic carbocycles.